The van der Waals surface area contributed by atoms with Gasteiger partial charge in [0, 0.05) is 17.5 Å². The number of halogens is 2. The van der Waals surface area contributed by atoms with E-state index in [0.717, 1.165) is 17.7 Å². The highest BCUT2D eigenvalue weighted by atomic mass is 35.5. The second-order valence-electron chi connectivity index (χ2n) is 5.77. The molecule has 0 saturated heterocycles. The maximum absolute atomic E-state index is 13.3. The van der Waals surface area contributed by atoms with Gasteiger partial charge >= 0.3 is 0 Å². The van der Waals surface area contributed by atoms with Crippen molar-refractivity contribution in [3.8, 4) is 17.2 Å². The van der Waals surface area contributed by atoms with E-state index >= 15 is 0 Å². The van der Waals surface area contributed by atoms with Crippen LogP contribution in [0, 0.1) is 5.82 Å². The lowest BCUT2D eigenvalue weighted by Crippen LogP contribution is -2.24. The van der Waals surface area contributed by atoms with Crippen molar-refractivity contribution in [1.29, 1.82) is 0 Å². The van der Waals surface area contributed by atoms with E-state index in [1.807, 2.05) is 32.0 Å². The van der Waals surface area contributed by atoms with Gasteiger partial charge in [-0.3, -0.25) is 0 Å². The summed E-state index contributed by atoms with van der Waals surface area (Å²) in [7, 11) is 0. The molecule has 4 heteroatoms. The van der Waals surface area contributed by atoms with E-state index in [1.165, 1.54) is 12.1 Å². The molecule has 1 aliphatic rings. The smallest absolute Gasteiger partial charge is 0.169 e. The Labute approximate surface area is 128 Å². The Bertz CT molecular complexity index is 682. The highest BCUT2D eigenvalue weighted by molar-refractivity contribution is 6.17. The average molecular weight is 307 g/mol. The third-order valence-corrected chi connectivity index (χ3v) is 3.73. The number of ether oxygens (including phenoxy) is 2. The molecule has 0 atom stereocenters. The molecule has 0 bridgehead atoms. The molecule has 0 unspecified atom stereocenters. The molecule has 3 rings (SSSR count). The summed E-state index contributed by atoms with van der Waals surface area (Å²) in [5, 5.41) is 0. The first-order valence-corrected chi connectivity index (χ1v) is 7.35. The van der Waals surface area contributed by atoms with Crippen LogP contribution in [0.1, 0.15) is 25.0 Å². The summed E-state index contributed by atoms with van der Waals surface area (Å²) in [6, 6.07) is 10.1. The molecule has 0 saturated carbocycles. The predicted octanol–water partition coefficient (Wildman–Crippen LogP) is 5.07. The second-order valence-corrected chi connectivity index (χ2v) is 6.04. The van der Waals surface area contributed by atoms with E-state index < -0.39 is 0 Å². The summed E-state index contributed by atoms with van der Waals surface area (Å²) in [4.78, 5) is 0. The van der Waals surface area contributed by atoms with Gasteiger partial charge in [0.1, 0.15) is 17.2 Å². The molecule has 2 aromatic rings. The van der Waals surface area contributed by atoms with E-state index in [1.54, 1.807) is 6.07 Å². The molecule has 0 radical (unpaired) electrons. The van der Waals surface area contributed by atoms with Gasteiger partial charge in [0.2, 0.25) is 0 Å². The Morgan fingerprint density at radius 1 is 1.24 bits per heavy atom. The summed E-state index contributed by atoms with van der Waals surface area (Å²) in [6.45, 7) is 4.08. The molecular weight excluding hydrogens is 291 g/mol. The van der Waals surface area contributed by atoms with Crippen LogP contribution in [0.25, 0.3) is 0 Å². The Balaban J connectivity index is 1.96. The SMILES string of the molecule is CC1(C)Cc2cccc(Oc3ccc(F)cc3CCl)c2O1. The van der Waals surface area contributed by atoms with Crippen LogP contribution < -0.4 is 9.47 Å². The zero-order valence-corrected chi connectivity index (χ0v) is 12.7. The third kappa shape index (κ3) is 2.84. The van der Waals surface area contributed by atoms with Gasteiger partial charge in [0.25, 0.3) is 0 Å². The minimum absolute atomic E-state index is 0.189. The van der Waals surface area contributed by atoms with Gasteiger partial charge in [0.05, 0.1) is 5.88 Å². The molecule has 21 heavy (non-hydrogen) atoms. The van der Waals surface area contributed by atoms with Crippen LogP contribution in [0.15, 0.2) is 36.4 Å². The number of para-hydroxylation sites is 1. The van der Waals surface area contributed by atoms with Gasteiger partial charge in [-0.1, -0.05) is 12.1 Å². The van der Waals surface area contributed by atoms with E-state index in [2.05, 4.69) is 0 Å². The molecule has 0 amide bonds. The van der Waals surface area contributed by atoms with Crippen molar-refractivity contribution in [1.82, 2.24) is 0 Å². The molecule has 0 aromatic heterocycles. The summed E-state index contributed by atoms with van der Waals surface area (Å²) < 4.78 is 25.1. The molecule has 1 aliphatic heterocycles. The normalized spacial score (nSPS) is 15.4. The second kappa shape index (κ2) is 5.23. The zero-order valence-electron chi connectivity index (χ0n) is 12.0. The van der Waals surface area contributed by atoms with Gasteiger partial charge in [0.15, 0.2) is 11.5 Å². The lowest BCUT2D eigenvalue weighted by Gasteiger charge is -2.18. The quantitative estimate of drug-likeness (QED) is 0.737. The molecule has 1 heterocycles. The van der Waals surface area contributed by atoms with Crippen LogP contribution in [0.4, 0.5) is 4.39 Å². The predicted molar refractivity (Wildman–Crippen MR) is 80.9 cm³/mol. The fraction of sp³-hybridized carbons (Fsp3) is 0.294. The van der Waals surface area contributed by atoms with Gasteiger partial charge in [-0.2, -0.15) is 0 Å². The number of benzene rings is 2. The van der Waals surface area contributed by atoms with Crippen molar-refractivity contribution >= 4 is 11.6 Å². The van der Waals surface area contributed by atoms with Crippen molar-refractivity contribution in [3.63, 3.8) is 0 Å². The lowest BCUT2D eigenvalue weighted by atomic mass is 10.0. The molecule has 0 spiro atoms. The minimum atomic E-state index is -0.325. The van der Waals surface area contributed by atoms with Crippen LogP contribution in [0.5, 0.6) is 17.2 Å². The number of alkyl halides is 1. The summed E-state index contributed by atoms with van der Waals surface area (Å²) in [5.41, 5.74) is 1.50. The first kappa shape index (κ1) is 14.2. The lowest BCUT2D eigenvalue weighted by molar-refractivity contribution is 0.135. The largest absolute Gasteiger partial charge is 0.483 e. The average Bonchev–Trinajstić information content (AvgIpc) is 2.75. The molecule has 0 aliphatic carbocycles. The van der Waals surface area contributed by atoms with Crippen LogP contribution in [0.2, 0.25) is 0 Å². The number of rotatable bonds is 3. The molecule has 0 fully saturated rings. The Kier molecular flexibility index (Phi) is 3.54. The van der Waals surface area contributed by atoms with Crippen molar-refractivity contribution in [2.45, 2.75) is 31.7 Å². The maximum Gasteiger partial charge on any atom is 0.169 e. The van der Waals surface area contributed by atoms with Gasteiger partial charge in [-0.05, 0) is 38.1 Å². The fourth-order valence-electron chi connectivity index (χ4n) is 2.54. The standard InChI is InChI=1S/C17H16ClFO2/c1-17(2)9-11-4-3-5-15(16(11)21-17)20-14-7-6-13(19)8-12(14)10-18/h3-8H,9-10H2,1-2H3. The van der Waals surface area contributed by atoms with Gasteiger partial charge in [-0.25, -0.2) is 4.39 Å². The molecular formula is C17H16ClFO2. The van der Waals surface area contributed by atoms with E-state index in [9.17, 15) is 4.39 Å². The van der Waals surface area contributed by atoms with Crippen LogP contribution in [0.3, 0.4) is 0 Å². The van der Waals surface area contributed by atoms with Crippen molar-refractivity contribution in [3.05, 3.63) is 53.3 Å². The monoisotopic (exact) mass is 306 g/mol. The van der Waals surface area contributed by atoms with E-state index in [-0.39, 0.29) is 17.3 Å². The van der Waals surface area contributed by atoms with Crippen molar-refractivity contribution in [2.24, 2.45) is 0 Å². The van der Waals surface area contributed by atoms with Crippen LogP contribution in [-0.2, 0) is 12.3 Å². The maximum atomic E-state index is 13.3. The molecule has 2 nitrogen and oxygen atoms in total. The van der Waals surface area contributed by atoms with Crippen molar-refractivity contribution < 1.29 is 13.9 Å². The van der Waals surface area contributed by atoms with Gasteiger partial charge in [-0.15, -0.1) is 11.6 Å². The van der Waals surface area contributed by atoms with E-state index in [4.69, 9.17) is 21.1 Å². The van der Waals surface area contributed by atoms with Crippen LogP contribution in [-0.4, -0.2) is 5.60 Å². The molecule has 0 N–H and O–H groups in total. The first-order chi connectivity index (χ1) is 9.98. The summed E-state index contributed by atoms with van der Waals surface area (Å²) in [5.74, 6) is 1.80. The Morgan fingerprint density at radius 3 is 2.81 bits per heavy atom. The highest BCUT2D eigenvalue weighted by Gasteiger charge is 2.32. The van der Waals surface area contributed by atoms with E-state index in [0.29, 0.717) is 17.1 Å². The number of hydrogen-bond acceptors (Lipinski definition) is 2. The fourth-order valence-corrected chi connectivity index (χ4v) is 2.75. The number of hydrogen-bond donors (Lipinski definition) is 0. The Hall–Kier alpha value is -1.74. The number of fused-ring (bicyclic) bond motifs is 1. The molecule has 110 valence electrons. The molecule has 2 aromatic carbocycles. The highest BCUT2D eigenvalue weighted by Crippen LogP contribution is 2.43. The first-order valence-electron chi connectivity index (χ1n) is 6.82. The van der Waals surface area contributed by atoms with Crippen LogP contribution >= 0.6 is 11.6 Å². The Morgan fingerprint density at radius 2 is 2.05 bits per heavy atom. The summed E-state index contributed by atoms with van der Waals surface area (Å²) >= 11 is 5.85. The summed E-state index contributed by atoms with van der Waals surface area (Å²) in [6.07, 6.45) is 0.839. The zero-order chi connectivity index (χ0) is 15.0. The van der Waals surface area contributed by atoms with Crippen molar-refractivity contribution in [2.75, 3.05) is 0 Å². The third-order valence-electron chi connectivity index (χ3n) is 3.44. The topological polar surface area (TPSA) is 18.5 Å². The van der Waals surface area contributed by atoms with Gasteiger partial charge < -0.3 is 9.47 Å². The minimum Gasteiger partial charge on any atom is -0.483 e.